The highest BCUT2D eigenvalue weighted by atomic mass is 127. The minimum absolute atomic E-state index is 0.622. The first-order chi connectivity index (χ1) is 8.70. The van der Waals surface area contributed by atoms with Gasteiger partial charge in [-0.3, -0.25) is 0 Å². The second kappa shape index (κ2) is 6.75. The zero-order valence-corrected chi connectivity index (χ0v) is 13.5. The quantitative estimate of drug-likeness (QED) is 0.832. The van der Waals surface area contributed by atoms with Crippen molar-refractivity contribution < 1.29 is 0 Å². The third-order valence-corrected chi connectivity index (χ3v) is 4.67. The first kappa shape index (κ1) is 14.1. The molecule has 2 atom stereocenters. The van der Waals surface area contributed by atoms with Crippen molar-refractivity contribution in [3.63, 3.8) is 0 Å². The fraction of sp³-hybridized carbons (Fsp3) is 0.600. The third-order valence-electron chi connectivity index (χ3n) is 3.95. The molecule has 1 heterocycles. The van der Waals surface area contributed by atoms with Crippen molar-refractivity contribution in [1.29, 1.82) is 0 Å². The average Bonchev–Trinajstić information content (AvgIpc) is 2.64. The maximum absolute atomic E-state index is 3.70. The molecule has 1 aliphatic heterocycles. The Labute approximate surface area is 124 Å². The first-order valence-electron chi connectivity index (χ1n) is 6.94. The second-order valence-corrected chi connectivity index (χ2v) is 6.47. The van der Waals surface area contributed by atoms with Gasteiger partial charge >= 0.3 is 0 Å². The van der Waals surface area contributed by atoms with Crippen LogP contribution in [0.2, 0.25) is 0 Å². The van der Waals surface area contributed by atoms with Crippen LogP contribution in [0.1, 0.15) is 26.7 Å². The van der Waals surface area contributed by atoms with Gasteiger partial charge in [0.05, 0.1) is 0 Å². The van der Waals surface area contributed by atoms with Crippen LogP contribution in [0, 0.1) is 9.49 Å². The second-order valence-electron chi connectivity index (χ2n) is 5.22. The monoisotopic (exact) mass is 358 g/mol. The smallest absolute Gasteiger partial charge is 0.0367 e. The largest absolute Gasteiger partial charge is 0.370 e. The molecular formula is C15H23IN2. The van der Waals surface area contributed by atoms with E-state index in [1.165, 1.54) is 28.6 Å². The third kappa shape index (κ3) is 3.60. The molecule has 1 fully saturated rings. The van der Waals surface area contributed by atoms with E-state index >= 15 is 0 Å². The fourth-order valence-corrected chi connectivity index (χ4v) is 2.86. The number of benzene rings is 1. The number of hydrogen-bond acceptors (Lipinski definition) is 2. The van der Waals surface area contributed by atoms with Gasteiger partial charge in [-0.05, 0) is 65.7 Å². The highest BCUT2D eigenvalue weighted by molar-refractivity contribution is 14.1. The van der Waals surface area contributed by atoms with Crippen LogP contribution in [-0.4, -0.2) is 25.7 Å². The van der Waals surface area contributed by atoms with Gasteiger partial charge < -0.3 is 10.2 Å². The van der Waals surface area contributed by atoms with E-state index in [1.54, 1.807) is 0 Å². The SMILES string of the molecule is CCC(C)C1CN(c2ccc(I)cc2)CCCN1. The predicted octanol–water partition coefficient (Wildman–Crippen LogP) is 3.51. The molecule has 18 heavy (non-hydrogen) atoms. The molecule has 0 radical (unpaired) electrons. The van der Waals surface area contributed by atoms with Gasteiger partial charge in [0.2, 0.25) is 0 Å². The number of rotatable bonds is 3. The summed E-state index contributed by atoms with van der Waals surface area (Å²) < 4.78 is 1.31. The van der Waals surface area contributed by atoms with Crippen molar-refractivity contribution in [2.24, 2.45) is 5.92 Å². The Morgan fingerprint density at radius 3 is 2.78 bits per heavy atom. The lowest BCUT2D eigenvalue weighted by atomic mass is 9.99. The zero-order chi connectivity index (χ0) is 13.0. The Balaban J connectivity index is 2.09. The minimum Gasteiger partial charge on any atom is -0.370 e. The van der Waals surface area contributed by atoms with Crippen LogP contribution in [0.4, 0.5) is 5.69 Å². The van der Waals surface area contributed by atoms with Crippen LogP contribution in [0.5, 0.6) is 0 Å². The van der Waals surface area contributed by atoms with Crippen molar-refractivity contribution in [2.45, 2.75) is 32.7 Å². The summed E-state index contributed by atoms with van der Waals surface area (Å²) in [7, 11) is 0. The van der Waals surface area contributed by atoms with E-state index in [9.17, 15) is 0 Å². The standard InChI is InChI=1S/C15H23IN2/c1-3-12(2)15-11-18(10-4-9-17-15)14-7-5-13(16)6-8-14/h5-8,12,15,17H,3-4,9-11H2,1-2H3. The number of hydrogen-bond donors (Lipinski definition) is 1. The Morgan fingerprint density at radius 1 is 1.39 bits per heavy atom. The summed E-state index contributed by atoms with van der Waals surface area (Å²) in [6, 6.07) is 9.53. The summed E-state index contributed by atoms with van der Waals surface area (Å²) in [6.45, 7) is 8.09. The molecule has 2 unspecified atom stereocenters. The number of anilines is 1. The summed E-state index contributed by atoms with van der Waals surface area (Å²) in [5.41, 5.74) is 1.37. The van der Waals surface area contributed by atoms with Gasteiger partial charge in [0.1, 0.15) is 0 Å². The van der Waals surface area contributed by atoms with E-state index in [4.69, 9.17) is 0 Å². The normalized spacial score (nSPS) is 22.6. The molecule has 1 saturated heterocycles. The maximum atomic E-state index is 3.70. The molecule has 0 saturated carbocycles. The van der Waals surface area contributed by atoms with Crippen LogP contribution in [0.3, 0.4) is 0 Å². The van der Waals surface area contributed by atoms with Gasteiger partial charge in [0.25, 0.3) is 0 Å². The van der Waals surface area contributed by atoms with Crippen LogP contribution in [-0.2, 0) is 0 Å². The molecular weight excluding hydrogens is 335 g/mol. The maximum Gasteiger partial charge on any atom is 0.0367 e. The molecule has 3 heteroatoms. The molecule has 2 rings (SSSR count). The lowest BCUT2D eigenvalue weighted by Crippen LogP contribution is -2.42. The van der Waals surface area contributed by atoms with E-state index < -0.39 is 0 Å². The van der Waals surface area contributed by atoms with Gasteiger partial charge in [-0.1, -0.05) is 20.3 Å². The van der Waals surface area contributed by atoms with Crippen molar-refractivity contribution in [3.8, 4) is 0 Å². The number of halogens is 1. The van der Waals surface area contributed by atoms with Crippen LogP contribution >= 0.6 is 22.6 Å². The molecule has 0 aliphatic carbocycles. The highest BCUT2D eigenvalue weighted by Crippen LogP contribution is 2.20. The Bertz CT molecular complexity index is 363. The van der Waals surface area contributed by atoms with Gasteiger partial charge in [0.15, 0.2) is 0 Å². The first-order valence-corrected chi connectivity index (χ1v) is 8.02. The van der Waals surface area contributed by atoms with E-state index in [0.29, 0.717) is 6.04 Å². The van der Waals surface area contributed by atoms with Gasteiger partial charge in [0, 0.05) is 28.4 Å². The molecule has 1 aromatic rings. The summed E-state index contributed by atoms with van der Waals surface area (Å²) in [5, 5.41) is 3.70. The number of nitrogens with zero attached hydrogens (tertiary/aromatic N) is 1. The Morgan fingerprint density at radius 2 is 2.11 bits per heavy atom. The fourth-order valence-electron chi connectivity index (χ4n) is 2.50. The van der Waals surface area contributed by atoms with Crippen LogP contribution in [0.15, 0.2) is 24.3 Å². The van der Waals surface area contributed by atoms with Crippen molar-refractivity contribution in [2.75, 3.05) is 24.5 Å². The molecule has 0 bridgehead atoms. The molecule has 1 aliphatic rings. The Kier molecular flexibility index (Phi) is 5.30. The summed E-state index contributed by atoms with van der Waals surface area (Å²) in [5.74, 6) is 0.745. The van der Waals surface area contributed by atoms with Crippen molar-refractivity contribution in [1.82, 2.24) is 5.32 Å². The average molecular weight is 358 g/mol. The lowest BCUT2D eigenvalue weighted by molar-refractivity contribution is 0.384. The lowest BCUT2D eigenvalue weighted by Gasteiger charge is -2.29. The topological polar surface area (TPSA) is 15.3 Å². The van der Waals surface area contributed by atoms with Gasteiger partial charge in [-0.25, -0.2) is 0 Å². The van der Waals surface area contributed by atoms with E-state index in [2.05, 4.69) is 70.9 Å². The molecule has 100 valence electrons. The predicted molar refractivity (Wildman–Crippen MR) is 87.2 cm³/mol. The highest BCUT2D eigenvalue weighted by Gasteiger charge is 2.21. The Hall–Kier alpha value is -0.290. The molecule has 0 amide bonds. The minimum atomic E-state index is 0.622. The summed E-state index contributed by atoms with van der Waals surface area (Å²) >= 11 is 2.36. The van der Waals surface area contributed by atoms with E-state index in [0.717, 1.165) is 19.0 Å². The van der Waals surface area contributed by atoms with Crippen molar-refractivity contribution in [3.05, 3.63) is 27.8 Å². The summed E-state index contributed by atoms with van der Waals surface area (Å²) in [4.78, 5) is 2.53. The molecule has 2 nitrogen and oxygen atoms in total. The van der Waals surface area contributed by atoms with Gasteiger partial charge in [-0.15, -0.1) is 0 Å². The number of nitrogens with one attached hydrogen (secondary N) is 1. The summed E-state index contributed by atoms with van der Waals surface area (Å²) in [6.07, 6.45) is 2.48. The molecule has 0 aromatic heterocycles. The molecule has 1 N–H and O–H groups in total. The zero-order valence-electron chi connectivity index (χ0n) is 11.3. The van der Waals surface area contributed by atoms with E-state index in [-0.39, 0.29) is 0 Å². The van der Waals surface area contributed by atoms with Crippen LogP contribution < -0.4 is 10.2 Å². The van der Waals surface area contributed by atoms with Gasteiger partial charge in [-0.2, -0.15) is 0 Å². The molecule has 0 spiro atoms. The molecule has 1 aromatic carbocycles. The van der Waals surface area contributed by atoms with E-state index in [1.807, 2.05) is 0 Å². The van der Waals surface area contributed by atoms with Crippen molar-refractivity contribution >= 4 is 28.3 Å². The van der Waals surface area contributed by atoms with Crippen LogP contribution in [0.25, 0.3) is 0 Å².